The maximum Gasteiger partial charge on any atom is 0.162 e. The molecule has 4 nitrogen and oxygen atoms in total. The van der Waals surface area contributed by atoms with Crippen LogP contribution in [0.4, 0.5) is 11.4 Å². The lowest BCUT2D eigenvalue weighted by atomic mass is 10.2. The Morgan fingerprint density at radius 2 is 1.94 bits per heavy atom. The van der Waals surface area contributed by atoms with Gasteiger partial charge in [0.15, 0.2) is 11.5 Å². The number of hydrogen-bond donors (Lipinski definition) is 2. The molecule has 3 N–H and O–H groups in total. The molecule has 1 aromatic carbocycles. The van der Waals surface area contributed by atoms with Gasteiger partial charge in [0, 0.05) is 18.7 Å². The molecule has 0 unspecified atom stereocenters. The van der Waals surface area contributed by atoms with Crippen LogP contribution >= 0.6 is 11.3 Å². The van der Waals surface area contributed by atoms with Crippen LogP contribution in [0.3, 0.4) is 0 Å². The van der Waals surface area contributed by atoms with Crippen LogP contribution in [-0.4, -0.2) is 14.2 Å². The highest BCUT2D eigenvalue weighted by molar-refractivity contribution is 7.07. The standard InChI is InChI=1S/C13H16N2O2S/c1-16-12-5-10(14)11(6-13(12)17-2)15-7-9-3-4-18-8-9/h3-6,8,15H,7,14H2,1-2H3. The molecule has 2 aromatic rings. The molecule has 1 heterocycles. The second-order valence-electron chi connectivity index (χ2n) is 3.78. The number of nitrogens with two attached hydrogens (primary N) is 1. The molecule has 0 saturated heterocycles. The topological polar surface area (TPSA) is 56.5 Å². The Morgan fingerprint density at radius 3 is 2.56 bits per heavy atom. The largest absolute Gasteiger partial charge is 0.493 e. The molecule has 5 heteroatoms. The molecule has 18 heavy (non-hydrogen) atoms. The van der Waals surface area contributed by atoms with Crippen molar-refractivity contribution in [2.24, 2.45) is 0 Å². The van der Waals surface area contributed by atoms with Gasteiger partial charge in [0.25, 0.3) is 0 Å². The van der Waals surface area contributed by atoms with Gasteiger partial charge in [-0.25, -0.2) is 0 Å². The van der Waals surface area contributed by atoms with E-state index in [2.05, 4.69) is 22.1 Å². The van der Waals surface area contributed by atoms with Crippen LogP contribution in [0.15, 0.2) is 29.0 Å². The molecule has 0 saturated carbocycles. The number of benzene rings is 1. The van der Waals surface area contributed by atoms with Gasteiger partial charge < -0.3 is 20.5 Å². The number of methoxy groups -OCH3 is 2. The van der Waals surface area contributed by atoms with Crippen molar-refractivity contribution >= 4 is 22.7 Å². The van der Waals surface area contributed by atoms with Crippen LogP contribution in [0.5, 0.6) is 11.5 Å². The van der Waals surface area contributed by atoms with Crippen LogP contribution in [0.2, 0.25) is 0 Å². The Morgan fingerprint density at radius 1 is 1.22 bits per heavy atom. The molecule has 0 spiro atoms. The second-order valence-corrected chi connectivity index (χ2v) is 4.56. The maximum atomic E-state index is 5.96. The van der Waals surface area contributed by atoms with Gasteiger partial charge >= 0.3 is 0 Å². The Labute approximate surface area is 110 Å². The van der Waals surface area contributed by atoms with E-state index in [1.165, 1.54) is 5.56 Å². The summed E-state index contributed by atoms with van der Waals surface area (Å²) in [5, 5.41) is 7.44. The number of ether oxygens (including phenoxy) is 2. The molecule has 0 fully saturated rings. The van der Waals surface area contributed by atoms with E-state index in [4.69, 9.17) is 15.2 Å². The second kappa shape index (κ2) is 5.64. The number of anilines is 2. The van der Waals surface area contributed by atoms with Crippen molar-refractivity contribution in [3.8, 4) is 11.5 Å². The van der Waals surface area contributed by atoms with Crippen molar-refractivity contribution in [2.45, 2.75) is 6.54 Å². The van der Waals surface area contributed by atoms with E-state index in [9.17, 15) is 0 Å². The molecule has 0 aliphatic carbocycles. The van der Waals surface area contributed by atoms with Gasteiger partial charge in [-0.15, -0.1) is 0 Å². The van der Waals surface area contributed by atoms with Gasteiger partial charge in [-0.3, -0.25) is 0 Å². The Kier molecular flexibility index (Phi) is 3.94. The summed E-state index contributed by atoms with van der Waals surface area (Å²) in [7, 11) is 3.20. The van der Waals surface area contributed by atoms with Crippen molar-refractivity contribution in [1.82, 2.24) is 0 Å². The zero-order chi connectivity index (χ0) is 13.0. The van der Waals surface area contributed by atoms with E-state index >= 15 is 0 Å². The predicted octanol–water partition coefficient (Wildman–Crippen LogP) is 2.96. The molecule has 0 aliphatic heterocycles. The number of nitrogens with one attached hydrogen (secondary N) is 1. The molecule has 0 aliphatic rings. The number of nitrogen functional groups attached to an aromatic ring is 1. The summed E-state index contributed by atoms with van der Waals surface area (Å²) < 4.78 is 10.4. The van der Waals surface area contributed by atoms with E-state index in [-0.39, 0.29) is 0 Å². The SMILES string of the molecule is COc1cc(N)c(NCc2ccsc2)cc1OC. The quantitative estimate of drug-likeness (QED) is 0.815. The zero-order valence-electron chi connectivity index (χ0n) is 10.4. The van der Waals surface area contributed by atoms with Gasteiger partial charge in [-0.2, -0.15) is 11.3 Å². The predicted molar refractivity (Wildman–Crippen MR) is 75.6 cm³/mol. The molecule has 0 atom stereocenters. The minimum atomic E-state index is 0.635. The first-order valence-corrected chi connectivity index (χ1v) is 6.45. The lowest BCUT2D eigenvalue weighted by Gasteiger charge is -2.13. The molecular weight excluding hydrogens is 248 g/mol. The Bertz CT molecular complexity index is 512. The van der Waals surface area contributed by atoms with Crippen LogP contribution in [0.1, 0.15) is 5.56 Å². The number of thiophene rings is 1. The molecule has 0 bridgehead atoms. The molecule has 1 aromatic heterocycles. The van der Waals surface area contributed by atoms with Crippen LogP contribution in [-0.2, 0) is 6.54 Å². The molecule has 0 radical (unpaired) electrons. The van der Waals surface area contributed by atoms with E-state index in [0.29, 0.717) is 17.2 Å². The third kappa shape index (κ3) is 2.68. The fraction of sp³-hybridized carbons (Fsp3) is 0.231. The summed E-state index contributed by atoms with van der Waals surface area (Å²) in [5.41, 5.74) is 8.68. The van der Waals surface area contributed by atoms with Crippen molar-refractivity contribution < 1.29 is 9.47 Å². The van der Waals surface area contributed by atoms with Gasteiger partial charge in [-0.05, 0) is 22.4 Å². The molecule has 0 amide bonds. The van der Waals surface area contributed by atoms with Crippen LogP contribution < -0.4 is 20.5 Å². The highest BCUT2D eigenvalue weighted by Crippen LogP contribution is 2.34. The highest BCUT2D eigenvalue weighted by atomic mass is 32.1. The van der Waals surface area contributed by atoms with Crippen molar-refractivity contribution in [2.75, 3.05) is 25.3 Å². The molecule has 96 valence electrons. The lowest BCUT2D eigenvalue weighted by molar-refractivity contribution is 0.355. The monoisotopic (exact) mass is 264 g/mol. The first-order valence-electron chi connectivity index (χ1n) is 5.51. The fourth-order valence-corrected chi connectivity index (χ4v) is 2.31. The first kappa shape index (κ1) is 12.6. The highest BCUT2D eigenvalue weighted by Gasteiger charge is 2.08. The third-order valence-corrected chi connectivity index (χ3v) is 3.35. The van der Waals surface area contributed by atoms with Crippen molar-refractivity contribution in [1.29, 1.82) is 0 Å². The third-order valence-electron chi connectivity index (χ3n) is 2.62. The normalized spacial score (nSPS) is 10.1. The van der Waals surface area contributed by atoms with E-state index < -0.39 is 0 Å². The minimum absolute atomic E-state index is 0.635. The van der Waals surface area contributed by atoms with Crippen LogP contribution in [0, 0.1) is 0 Å². The van der Waals surface area contributed by atoms with Crippen LogP contribution in [0.25, 0.3) is 0 Å². The van der Waals surface area contributed by atoms with Gasteiger partial charge in [0.1, 0.15) is 0 Å². The van der Waals surface area contributed by atoms with Gasteiger partial charge in [0.2, 0.25) is 0 Å². The zero-order valence-corrected chi connectivity index (χ0v) is 11.2. The smallest absolute Gasteiger partial charge is 0.162 e. The first-order chi connectivity index (χ1) is 8.74. The fourth-order valence-electron chi connectivity index (χ4n) is 1.64. The van der Waals surface area contributed by atoms with Crippen molar-refractivity contribution in [3.63, 3.8) is 0 Å². The molecular formula is C13H16N2O2S. The molecule has 2 rings (SSSR count). The number of hydrogen-bond acceptors (Lipinski definition) is 5. The lowest BCUT2D eigenvalue weighted by Crippen LogP contribution is -2.03. The van der Waals surface area contributed by atoms with E-state index in [0.717, 1.165) is 12.2 Å². The summed E-state index contributed by atoms with van der Waals surface area (Å²) in [6.45, 7) is 0.739. The van der Waals surface area contributed by atoms with Gasteiger partial charge in [-0.1, -0.05) is 0 Å². The summed E-state index contributed by atoms with van der Waals surface area (Å²) in [6.07, 6.45) is 0. The van der Waals surface area contributed by atoms with Gasteiger partial charge in [0.05, 0.1) is 25.6 Å². The minimum Gasteiger partial charge on any atom is -0.493 e. The summed E-state index contributed by atoms with van der Waals surface area (Å²) in [5.74, 6) is 1.30. The van der Waals surface area contributed by atoms with E-state index in [1.54, 1.807) is 31.6 Å². The average molecular weight is 264 g/mol. The average Bonchev–Trinajstić information content (AvgIpc) is 2.90. The summed E-state index contributed by atoms with van der Waals surface area (Å²) >= 11 is 1.68. The number of rotatable bonds is 5. The Hall–Kier alpha value is -1.88. The summed E-state index contributed by atoms with van der Waals surface area (Å²) in [6, 6.07) is 5.68. The van der Waals surface area contributed by atoms with E-state index in [1.807, 2.05) is 6.07 Å². The van der Waals surface area contributed by atoms with Crippen molar-refractivity contribution in [3.05, 3.63) is 34.5 Å². The summed E-state index contributed by atoms with van der Waals surface area (Å²) in [4.78, 5) is 0. The maximum absolute atomic E-state index is 5.96. The Balaban J connectivity index is 2.17.